The summed E-state index contributed by atoms with van der Waals surface area (Å²) in [5.41, 5.74) is 0.155. The van der Waals surface area contributed by atoms with Gasteiger partial charge in [0.15, 0.2) is 0 Å². The summed E-state index contributed by atoms with van der Waals surface area (Å²) in [5, 5.41) is 3.49. The molecule has 2 rings (SSSR count). The average molecular weight is 263 g/mol. The Bertz CT molecular complexity index is 372. The van der Waals surface area contributed by atoms with E-state index in [1.807, 2.05) is 30.3 Å². The highest BCUT2D eigenvalue weighted by atomic mass is 16.5. The first-order valence-electron chi connectivity index (χ1n) is 7.11. The van der Waals surface area contributed by atoms with E-state index in [0.29, 0.717) is 12.7 Å². The van der Waals surface area contributed by atoms with E-state index < -0.39 is 0 Å². The molecule has 1 fully saturated rings. The van der Waals surface area contributed by atoms with Crippen molar-refractivity contribution in [2.75, 3.05) is 13.2 Å². The van der Waals surface area contributed by atoms with Crippen LogP contribution in [0.25, 0.3) is 0 Å². The zero-order chi connectivity index (χ0) is 13.7. The molecule has 0 spiro atoms. The number of benzene rings is 1. The predicted molar refractivity (Wildman–Crippen MR) is 77.6 cm³/mol. The zero-order valence-electron chi connectivity index (χ0n) is 12.2. The second-order valence-electron chi connectivity index (χ2n) is 6.21. The number of hydrogen-bond acceptors (Lipinski definition) is 3. The molecule has 3 heteroatoms. The predicted octanol–water partition coefficient (Wildman–Crippen LogP) is 3.00. The van der Waals surface area contributed by atoms with Crippen LogP contribution in [0.1, 0.15) is 33.6 Å². The molecule has 1 saturated heterocycles. The van der Waals surface area contributed by atoms with Gasteiger partial charge in [0.2, 0.25) is 0 Å². The molecule has 0 saturated carbocycles. The Morgan fingerprint density at radius 3 is 2.53 bits per heavy atom. The Hall–Kier alpha value is -1.06. The van der Waals surface area contributed by atoms with Crippen molar-refractivity contribution in [3.05, 3.63) is 30.3 Å². The largest absolute Gasteiger partial charge is 0.491 e. The van der Waals surface area contributed by atoms with E-state index in [1.165, 1.54) is 0 Å². The molecule has 1 aliphatic heterocycles. The first-order chi connectivity index (χ1) is 9.03. The minimum atomic E-state index is 0.155. The van der Waals surface area contributed by atoms with Crippen molar-refractivity contribution in [3.63, 3.8) is 0 Å². The summed E-state index contributed by atoms with van der Waals surface area (Å²) in [6, 6.07) is 9.93. The molecule has 1 aliphatic rings. The SMILES string of the molecule is CC(C)(C)NCC1CCC(COc2ccccc2)O1. The standard InChI is InChI=1S/C16H25NO2/c1-16(2,3)17-11-14-9-10-15(19-14)12-18-13-7-5-4-6-8-13/h4-8,14-15,17H,9-12H2,1-3H3. The maximum absolute atomic E-state index is 5.99. The molecule has 2 unspecified atom stereocenters. The zero-order valence-corrected chi connectivity index (χ0v) is 12.2. The summed E-state index contributed by atoms with van der Waals surface area (Å²) >= 11 is 0. The van der Waals surface area contributed by atoms with Gasteiger partial charge in [0.25, 0.3) is 0 Å². The van der Waals surface area contributed by atoms with E-state index in [4.69, 9.17) is 9.47 Å². The Kier molecular flexibility index (Phi) is 4.83. The maximum Gasteiger partial charge on any atom is 0.119 e. The van der Waals surface area contributed by atoms with Gasteiger partial charge in [-0.15, -0.1) is 0 Å². The lowest BCUT2D eigenvalue weighted by Gasteiger charge is -2.23. The Morgan fingerprint density at radius 1 is 1.16 bits per heavy atom. The Morgan fingerprint density at radius 2 is 1.84 bits per heavy atom. The smallest absolute Gasteiger partial charge is 0.119 e. The van der Waals surface area contributed by atoms with Crippen molar-refractivity contribution in [1.82, 2.24) is 5.32 Å². The molecule has 0 aromatic heterocycles. The van der Waals surface area contributed by atoms with Crippen LogP contribution in [-0.2, 0) is 4.74 Å². The first-order valence-corrected chi connectivity index (χ1v) is 7.11. The summed E-state index contributed by atoms with van der Waals surface area (Å²) in [5.74, 6) is 0.919. The normalized spacial score (nSPS) is 23.5. The Balaban J connectivity index is 1.68. The van der Waals surface area contributed by atoms with Crippen LogP contribution in [0.4, 0.5) is 0 Å². The van der Waals surface area contributed by atoms with Crippen LogP contribution < -0.4 is 10.1 Å². The van der Waals surface area contributed by atoms with E-state index in [1.54, 1.807) is 0 Å². The van der Waals surface area contributed by atoms with Gasteiger partial charge < -0.3 is 14.8 Å². The highest BCUT2D eigenvalue weighted by Gasteiger charge is 2.26. The second kappa shape index (κ2) is 6.40. The number of nitrogens with one attached hydrogen (secondary N) is 1. The summed E-state index contributed by atoms with van der Waals surface area (Å²) in [6.45, 7) is 8.11. The minimum Gasteiger partial charge on any atom is -0.491 e. The van der Waals surface area contributed by atoms with Crippen LogP contribution in [0.5, 0.6) is 5.75 Å². The van der Waals surface area contributed by atoms with Gasteiger partial charge in [-0.05, 0) is 45.7 Å². The van der Waals surface area contributed by atoms with Gasteiger partial charge in [0.1, 0.15) is 12.4 Å². The first kappa shape index (κ1) is 14.4. The maximum atomic E-state index is 5.99. The van der Waals surface area contributed by atoms with Crippen molar-refractivity contribution in [2.24, 2.45) is 0 Å². The van der Waals surface area contributed by atoms with E-state index in [2.05, 4.69) is 26.1 Å². The molecule has 0 amide bonds. The van der Waals surface area contributed by atoms with E-state index in [0.717, 1.165) is 25.1 Å². The van der Waals surface area contributed by atoms with E-state index in [-0.39, 0.29) is 11.6 Å². The topological polar surface area (TPSA) is 30.5 Å². The van der Waals surface area contributed by atoms with Gasteiger partial charge in [-0.2, -0.15) is 0 Å². The summed E-state index contributed by atoms with van der Waals surface area (Å²) in [7, 11) is 0. The molecule has 1 aromatic rings. The van der Waals surface area contributed by atoms with Crippen LogP contribution in [0, 0.1) is 0 Å². The van der Waals surface area contributed by atoms with Crippen LogP contribution >= 0.6 is 0 Å². The second-order valence-corrected chi connectivity index (χ2v) is 6.21. The van der Waals surface area contributed by atoms with Gasteiger partial charge in [0, 0.05) is 12.1 Å². The number of hydrogen-bond donors (Lipinski definition) is 1. The summed E-state index contributed by atoms with van der Waals surface area (Å²) in [6.07, 6.45) is 2.76. The fourth-order valence-corrected chi connectivity index (χ4v) is 2.18. The molecule has 1 heterocycles. The number of rotatable bonds is 5. The highest BCUT2D eigenvalue weighted by molar-refractivity contribution is 5.20. The number of ether oxygens (including phenoxy) is 2. The molecule has 0 bridgehead atoms. The molecule has 106 valence electrons. The van der Waals surface area contributed by atoms with Crippen molar-refractivity contribution >= 4 is 0 Å². The van der Waals surface area contributed by atoms with Crippen molar-refractivity contribution in [1.29, 1.82) is 0 Å². The van der Waals surface area contributed by atoms with E-state index >= 15 is 0 Å². The molecule has 0 aliphatic carbocycles. The monoisotopic (exact) mass is 263 g/mol. The highest BCUT2D eigenvalue weighted by Crippen LogP contribution is 2.21. The fourth-order valence-electron chi connectivity index (χ4n) is 2.18. The van der Waals surface area contributed by atoms with Gasteiger partial charge in [-0.25, -0.2) is 0 Å². The van der Waals surface area contributed by atoms with Gasteiger partial charge in [-0.3, -0.25) is 0 Å². The third kappa shape index (κ3) is 5.21. The third-order valence-corrected chi connectivity index (χ3v) is 3.23. The summed E-state index contributed by atoms with van der Waals surface area (Å²) in [4.78, 5) is 0. The molecule has 1 aromatic carbocycles. The van der Waals surface area contributed by atoms with Crippen molar-refractivity contribution in [3.8, 4) is 5.75 Å². The number of para-hydroxylation sites is 1. The molecule has 2 atom stereocenters. The van der Waals surface area contributed by atoms with Crippen molar-refractivity contribution < 1.29 is 9.47 Å². The fraction of sp³-hybridized carbons (Fsp3) is 0.625. The lowest BCUT2D eigenvalue weighted by molar-refractivity contribution is 0.0162. The molecular formula is C16H25NO2. The van der Waals surface area contributed by atoms with E-state index in [9.17, 15) is 0 Å². The molecular weight excluding hydrogens is 238 g/mol. The third-order valence-electron chi connectivity index (χ3n) is 3.23. The van der Waals surface area contributed by atoms with Gasteiger partial charge in [0.05, 0.1) is 12.2 Å². The van der Waals surface area contributed by atoms with Crippen LogP contribution in [0.2, 0.25) is 0 Å². The Labute approximate surface area is 116 Å². The average Bonchev–Trinajstić information content (AvgIpc) is 2.82. The lowest BCUT2D eigenvalue weighted by atomic mass is 10.1. The molecule has 0 radical (unpaired) electrons. The van der Waals surface area contributed by atoms with Gasteiger partial charge in [-0.1, -0.05) is 18.2 Å². The molecule has 1 N–H and O–H groups in total. The van der Waals surface area contributed by atoms with Crippen molar-refractivity contribution in [2.45, 2.75) is 51.4 Å². The summed E-state index contributed by atoms with van der Waals surface area (Å²) < 4.78 is 11.7. The van der Waals surface area contributed by atoms with Crippen LogP contribution in [0.15, 0.2) is 30.3 Å². The van der Waals surface area contributed by atoms with Gasteiger partial charge >= 0.3 is 0 Å². The van der Waals surface area contributed by atoms with Crippen LogP contribution in [0.3, 0.4) is 0 Å². The quantitative estimate of drug-likeness (QED) is 0.886. The molecule has 3 nitrogen and oxygen atoms in total. The molecule has 19 heavy (non-hydrogen) atoms. The lowest BCUT2D eigenvalue weighted by Crippen LogP contribution is -2.41. The minimum absolute atomic E-state index is 0.155. The van der Waals surface area contributed by atoms with Crippen LogP contribution in [-0.4, -0.2) is 30.9 Å².